The number of anilines is 1. The van der Waals surface area contributed by atoms with Crippen LogP contribution in [0.2, 0.25) is 0 Å². The summed E-state index contributed by atoms with van der Waals surface area (Å²) in [7, 11) is 0. The number of benzene rings is 1. The molecule has 5 nitrogen and oxygen atoms in total. The minimum Gasteiger partial charge on any atom is -0.343 e. The molecule has 2 fully saturated rings. The summed E-state index contributed by atoms with van der Waals surface area (Å²) in [5, 5.41) is 3.10. The Labute approximate surface area is 172 Å². The second-order valence-corrected chi connectivity index (χ2v) is 8.73. The van der Waals surface area contributed by atoms with Crippen molar-refractivity contribution in [3.63, 3.8) is 0 Å². The lowest BCUT2D eigenvalue weighted by Gasteiger charge is -2.33. The zero-order chi connectivity index (χ0) is 20.4. The number of aryl methyl sites for hydroxylation is 3. The molecule has 1 N–H and O–H groups in total. The SMILES string of the molecule is Cc1cc(C)cc(NC(=O)C2CC23CCN(C(=O)CCc2cccnc2)CC3)c1. The first-order chi connectivity index (χ1) is 13.9. The Hall–Kier alpha value is -2.69. The number of nitrogens with one attached hydrogen (secondary N) is 1. The molecule has 1 saturated heterocycles. The van der Waals surface area contributed by atoms with Crippen molar-refractivity contribution in [1.29, 1.82) is 0 Å². The smallest absolute Gasteiger partial charge is 0.228 e. The van der Waals surface area contributed by atoms with E-state index in [9.17, 15) is 9.59 Å². The summed E-state index contributed by atoms with van der Waals surface area (Å²) in [6.07, 6.45) is 7.62. The van der Waals surface area contributed by atoms with Crippen LogP contribution in [0.15, 0.2) is 42.7 Å². The Morgan fingerprint density at radius 3 is 2.55 bits per heavy atom. The lowest BCUT2D eigenvalue weighted by molar-refractivity contribution is -0.132. The van der Waals surface area contributed by atoms with Gasteiger partial charge in [0, 0.05) is 43.5 Å². The van der Waals surface area contributed by atoms with E-state index in [0.717, 1.165) is 61.2 Å². The predicted molar refractivity (Wildman–Crippen MR) is 113 cm³/mol. The average molecular weight is 392 g/mol. The first-order valence-corrected chi connectivity index (χ1v) is 10.5. The minimum absolute atomic E-state index is 0.0796. The van der Waals surface area contributed by atoms with Crippen molar-refractivity contribution in [3.05, 3.63) is 59.4 Å². The quantitative estimate of drug-likeness (QED) is 0.841. The molecule has 1 saturated carbocycles. The van der Waals surface area contributed by atoms with Crippen LogP contribution in [0, 0.1) is 25.2 Å². The Bertz CT molecular complexity index is 881. The van der Waals surface area contributed by atoms with Gasteiger partial charge in [-0.15, -0.1) is 0 Å². The first-order valence-electron chi connectivity index (χ1n) is 10.5. The lowest BCUT2D eigenvalue weighted by Crippen LogP contribution is -2.40. The second-order valence-electron chi connectivity index (χ2n) is 8.73. The van der Waals surface area contributed by atoms with E-state index >= 15 is 0 Å². The summed E-state index contributed by atoms with van der Waals surface area (Å²) in [6.45, 7) is 5.61. The number of aromatic nitrogens is 1. The first kappa shape index (κ1) is 19.6. The van der Waals surface area contributed by atoms with E-state index < -0.39 is 0 Å². The van der Waals surface area contributed by atoms with E-state index in [1.807, 2.05) is 49.2 Å². The number of likely N-dealkylation sites (tertiary alicyclic amines) is 1. The van der Waals surface area contributed by atoms with Crippen LogP contribution >= 0.6 is 0 Å². The summed E-state index contributed by atoms with van der Waals surface area (Å²) < 4.78 is 0. The van der Waals surface area contributed by atoms with Crippen molar-refractivity contribution in [2.24, 2.45) is 11.3 Å². The Morgan fingerprint density at radius 2 is 1.90 bits per heavy atom. The Kier molecular flexibility index (Phi) is 5.39. The summed E-state index contributed by atoms with van der Waals surface area (Å²) in [6, 6.07) is 10.1. The van der Waals surface area contributed by atoms with Gasteiger partial charge in [-0.3, -0.25) is 14.6 Å². The summed E-state index contributed by atoms with van der Waals surface area (Å²) in [5.74, 6) is 0.419. The van der Waals surface area contributed by atoms with Crippen LogP contribution in [0.3, 0.4) is 0 Å². The molecule has 1 aliphatic carbocycles. The number of carbonyl (C=O) groups is 2. The fourth-order valence-corrected chi connectivity index (χ4v) is 4.70. The fourth-order valence-electron chi connectivity index (χ4n) is 4.70. The lowest BCUT2D eigenvalue weighted by atomic mass is 9.90. The van der Waals surface area contributed by atoms with Crippen LogP contribution in [0.5, 0.6) is 0 Å². The van der Waals surface area contributed by atoms with Crippen LogP contribution in [-0.2, 0) is 16.0 Å². The predicted octanol–water partition coefficient (Wildman–Crippen LogP) is 3.90. The molecule has 152 valence electrons. The third-order valence-electron chi connectivity index (χ3n) is 6.46. The minimum atomic E-state index is 0.0796. The van der Waals surface area contributed by atoms with Crippen molar-refractivity contribution in [2.45, 2.75) is 46.0 Å². The highest BCUT2D eigenvalue weighted by atomic mass is 16.2. The molecular weight excluding hydrogens is 362 g/mol. The van der Waals surface area contributed by atoms with Crippen molar-refractivity contribution in [3.8, 4) is 0 Å². The molecule has 1 aromatic carbocycles. The van der Waals surface area contributed by atoms with E-state index in [0.29, 0.717) is 6.42 Å². The van der Waals surface area contributed by atoms with Gasteiger partial charge in [-0.25, -0.2) is 0 Å². The molecule has 2 heterocycles. The Balaban J connectivity index is 1.26. The van der Waals surface area contributed by atoms with Crippen molar-refractivity contribution >= 4 is 17.5 Å². The van der Waals surface area contributed by atoms with Crippen LogP contribution < -0.4 is 5.32 Å². The van der Waals surface area contributed by atoms with E-state index in [2.05, 4.69) is 16.4 Å². The van der Waals surface area contributed by atoms with Crippen molar-refractivity contribution in [2.75, 3.05) is 18.4 Å². The number of piperidine rings is 1. The molecule has 0 radical (unpaired) electrons. The van der Waals surface area contributed by atoms with Gasteiger partial charge in [-0.2, -0.15) is 0 Å². The highest BCUT2D eigenvalue weighted by Crippen LogP contribution is 2.59. The van der Waals surface area contributed by atoms with Crippen LogP contribution in [-0.4, -0.2) is 34.8 Å². The maximum absolute atomic E-state index is 12.7. The van der Waals surface area contributed by atoms with Gasteiger partial charge >= 0.3 is 0 Å². The maximum atomic E-state index is 12.7. The molecule has 2 aliphatic rings. The zero-order valence-corrected chi connectivity index (χ0v) is 17.3. The summed E-state index contributed by atoms with van der Waals surface area (Å²) >= 11 is 0. The van der Waals surface area contributed by atoms with Gasteiger partial charge in [-0.05, 0) is 79.8 Å². The van der Waals surface area contributed by atoms with E-state index in [1.54, 1.807) is 6.20 Å². The average Bonchev–Trinajstić information content (AvgIpc) is 3.40. The van der Waals surface area contributed by atoms with Gasteiger partial charge in [0.15, 0.2) is 0 Å². The number of nitrogens with zero attached hydrogens (tertiary/aromatic N) is 2. The molecule has 29 heavy (non-hydrogen) atoms. The van der Waals surface area contributed by atoms with E-state index in [1.165, 1.54) is 0 Å². The third kappa shape index (κ3) is 4.50. The number of rotatable bonds is 5. The van der Waals surface area contributed by atoms with E-state index in [4.69, 9.17) is 0 Å². The Morgan fingerprint density at radius 1 is 1.17 bits per heavy atom. The molecule has 1 aliphatic heterocycles. The number of hydrogen-bond donors (Lipinski definition) is 1. The van der Waals surface area contributed by atoms with Gasteiger partial charge in [0.05, 0.1) is 0 Å². The van der Waals surface area contributed by atoms with Crippen LogP contribution in [0.25, 0.3) is 0 Å². The monoisotopic (exact) mass is 391 g/mol. The summed E-state index contributed by atoms with van der Waals surface area (Å²) in [5.41, 5.74) is 4.40. The molecule has 2 amide bonds. The van der Waals surface area contributed by atoms with Gasteiger partial charge in [0.2, 0.25) is 11.8 Å². The van der Waals surface area contributed by atoms with Crippen molar-refractivity contribution in [1.82, 2.24) is 9.88 Å². The largest absolute Gasteiger partial charge is 0.343 e. The zero-order valence-electron chi connectivity index (χ0n) is 17.3. The topological polar surface area (TPSA) is 62.3 Å². The molecule has 4 rings (SSSR count). The van der Waals surface area contributed by atoms with E-state index in [-0.39, 0.29) is 23.1 Å². The highest BCUT2D eigenvalue weighted by molar-refractivity contribution is 5.95. The number of carbonyl (C=O) groups excluding carboxylic acids is 2. The third-order valence-corrected chi connectivity index (χ3v) is 6.46. The van der Waals surface area contributed by atoms with Crippen LogP contribution in [0.1, 0.15) is 42.4 Å². The standard InChI is InChI=1S/C24H29N3O2/c1-17-12-18(2)14-20(13-17)26-23(29)21-15-24(21)7-10-27(11-8-24)22(28)6-5-19-4-3-9-25-16-19/h3-4,9,12-14,16,21H,5-8,10-11,15H2,1-2H3,(H,26,29). The second kappa shape index (κ2) is 7.97. The van der Waals surface area contributed by atoms with Gasteiger partial charge in [0.25, 0.3) is 0 Å². The van der Waals surface area contributed by atoms with Crippen molar-refractivity contribution < 1.29 is 9.59 Å². The molecule has 1 atom stereocenters. The molecule has 1 unspecified atom stereocenters. The number of pyridine rings is 1. The van der Waals surface area contributed by atoms with Crippen LogP contribution in [0.4, 0.5) is 5.69 Å². The molecular formula is C24H29N3O2. The summed E-state index contributed by atoms with van der Waals surface area (Å²) in [4.78, 5) is 31.4. The van der Waals surface area contributed by atoms with Gasteiger partial charge < -0.3 is 10.2 Å². The molecule has 0 bridgehead atoms. The fraction of sp³-hybridized carbons (Fsp3) is 0.458. The van der Waals surface area contributed by atoms with Gasteiger partial charge in [0.1, 0.15) is 0 Å². The highest BCUT2D eigenvalue weighted by Gasteiger charge is 2.58. The maximum Gasteiger partial charge on any atom is 0.228 e. The number of amides is 2. The molecule has 1 spiro atoms. The molecule has 2 aromatic rings. The van der Waals surface area contributed by atoms with Gasteiger partial charge in [-0.1, -0.05) is 12.1 Å². The normalized spacial score (nSPS) is 19.8. The molecule has 5 heteroatoms. The number of hydrogen-bond acceptors (Lipinski definition) is 3. The molecule has 1 aromatic heterocycles.